The fourth-order valence-corrected chi connectivity index (χ4v) is 3.85. The van der Waals surface area contributed by atoms with Crippen molar-refractivity contribution in [1.82, 2.24) is 25.2 Å². The Labute approximate surface area is 168 Å². The molecule has 7 heteroatoms. The summed E-state index contributed by atoms with van der Waals surface area (Å²) in [5.74, 6) is -0.296. The minimum atomic E-state index is -0.401. The predicted molar refractivity (Wildman–Crippen MR) is 111 cm³/mol. The lowest BCUT2D eigenvalue weighted by molar-refractivity contribution is -0.135. The summed E-state index contributed by atoms with van der Waals surface area (Å²) in [6.07, 6.45) is 8.80. The molecular weight excluding hydrogens is 366 g/mol. The van der Waals surface area contributed by atoms with Crippen LogP contribution in [0.3, 0.4) is 0 Å². The van der Waals surface area contributed by atoms with Crippen LogP contribution in [0.15, 0.2) is 55.5 Å². The number of likely N-dealkylation sites (tertiary alicyclic amines) is 1. The first-order valence-corrected chi connectivity index (χ1v) is 9.75. The van der Waals surface area contributed by atoms with E-state index < -0.39 is 6.04 Å². The lowest BCUT2D eigenvalue weighted by Gasteiger charge is -2.22. The summed E-state index contributed by atoms with van der Waals surface area (Å²) in [4.78, 5) is 37.9. The van der Waals surface area contributed by atoms with E-state index in [1.165, 1.54) is 6.08 Å². The number of fused-ring (bicyclic) bond motifs is 1. The van der Waals surface area contributed by atoms with E-state index in [4.69, 9.17) is 0 Å². The second kappa shape index (κ2) is 8.26. The zero-order valence-corrected chi connectivity index (χ0v) is 16.1. The molecule has 4 heterocycles. The zero-order chi connectivity index (χ0) is 20.2. The summed E-state index contributed by atoms with van der Waals surface area (Å²) in [7, 11) is 0. The molecule has 1 fully saturated rings. The zero-order valence-electron chi connectivity index (χ0n) is 16.1. The number of pyridine rings is 2. The maximum Gasteiger partial charge on any atom is 0.246 e. The standard InChI is InChI=1S/C22H23N5O2/c1-2-20(28)27-12-4-6-19(27)22(29)25-10-7-16-13-18-17(8-11-24-21(18)26-16)15-5-3-9-23-14-15/h2-3,5,8-9,11,13-14,19H,1,4,6-7,10,12H2,(H,24,26)(H,25,29)/t19-/m0/s1. The molecule has 0 aromatic carbocycles. The van der Waals surface area contributed by atoms with E-state index in [-0.39, 0.29) is 11.8 Å². The third kappa shape index (κ3) is 3.89. The molecule has 3 aromatic heterocycles. The molecule has 0 spiro atoms. The van der Waals surface area contributed by atoms with Crippen molar-refractivity contribution in [2.24, 2.45) is 0 Å². The van der Waals surface area contributed by atoms with E-state index in [1.54, 1.807) is 17.3 Å². The fourth-order valence-electron chi connectivity index (χ4n) is 3.85. The van der Waals surface area contributed by atoms with Crippen LogP contribution in [0.2, 0.25) is 0 Å². The summed E-state index contributed by atoms with van der Waals surface area (Å²) in [6.45, 7) is 4.61. The van der Waals surface area contributed by atoms with Crippen molar-refractivity contribution in [2.75, 3.05) is 13.1 Å². The Morgan fingerprint density at radius 2 is 2.24 bits per heavy atom. The summed E-state index contributed by atoms with van der Waals surface area (Å²) in [6, 6.07) is 7.58. The van der Waals surface area contributed by atoms with E-state index in [1.807, 2.05) is 24.4 Å². The molecule has 0 radical (unpaired) electrons. The Hall–Kier alpha value is -3.48. The highest BCUT2D eigenvalue weighted by molar-refractivity contribution is 5.94. The van der Waals surface area contributed by atoms with Crippen molar-refractivity contribution in [3.05, 3.63) is 61.2 Å². The van der Waals surface area contributed by atoms with E-state index in [0.29, 0.717) is 25.9 Å². The van der Waals surface area contributed by atoms with Crippen LogP contribution in [0.4, 0.5) is 0 Å². The van der Waals surface area contributed by atoms with Gasteiger partial charge in [0.05, 0.1) is 0 Å². The number of carbonyl (C=O) groups excluding carboxylic acids is 2. The van der Waals surface area contributed by atoms with E-state index >= 15 is 0 Å². The van der Waals surface area contributed by atoms with Gasteiger partial charge >= 0.3 is 0 Å². The van der Waals surface area contributed by atoms with E-state index in [9.17, 15) is 9.59 Å². The topological polar surface area (TPSA) is 91.0 Å². The molecule has 2 amide bonds. The first kappa shape index (κ1) is 18.9. The Kier molecular flexibility index (Phi) is 5.37. The Balaban J connectivity index is 1.42. The number of hydrogen-bond donors (Lipinski definition) is 2. The number of H-pyrrole nitrogens is 1. The van der Waals surface area contributed by atoms with Crippen molar-refractivity contribution in [3.63, 3.8) is 0 Å². The number of amides is 2. The van der Waals surface area contributed by atoms with Crippen LogP contribution in [0.5, 0.6) is 0 Å². The fraction of sp³-hybridized carbons (Fsp3) is 0.273. The van der Waals surface area contributed by atoms with Crippen LogP contribution >= 0.6 is 0 Å². The average Bonchev–Trinajstić information content (AvgIpc) is 3.40. The second-order valence-corrected chi connectivity index (χ2v) is 7.09. The highest BCUT2D eigenvalue weighted by Crippen LogP contribution is 2.27. The average molecular weight is 389 g/mol. The van der Waals surface area contributed by atoms with Crippen molar-refractivity contribution < 1.29 is 9.59 Å². The van der Waals surface area contributed by atoms with Gasteiger partial charge in [0.1, 0.15) is 11.7 Å². The van der Waals surface area contributed by atoms with Gasteiger partial charge in [0.15, 0.2) is 0 Å². The van der Waals surface area contributed by atoms with Crippen molar-refractivity contribution in [2.45, 2.75) is 25.3 Å². The van der Waals surface area contributed by atoms with Crippen LogP contribution < -0.4 is 5.32 Å². The van der Waals surface area contributed by atoms with Gasteiger partial charge in [0.2, 0.25) is 11.8 Å². The highest BCUT2D eigenvalue weighted by atomic mass is 16.2. The Bertz CT molecular complexity index is 1040. The molecule has 3 aromatic rings. The van der Waals surface area contributed by atoms with Crippen LogP contribution in [0, 0.1) is 0 Å². The molecule has 7 nitrogen and oxygen atoms in total. The maximum absolute atomic E-state index is 12.5. The summed E-state index contributed by atoms with van der Waals surface area (Å²) in [5, 5.41) is 3.98. The first-order chi connectivity index (χ1) is 14.2. The van der Waals surface area contributed by atoms with Crippen LogP contribution in [-0.2, 0) is 16.0 Å². The minimum Gasteiger partial charge on any atom is -0.354 e. The normalized spacial score (nSPS) is 16.1. The molecule has 148 valence electrons. The lowest BCUT2D eigenvalue weighted by Crippen LogP contribution is -2.45. The molecule has 1 atom stereocenters. The Morgan fingerprint density at radius 1 is 1.34 bits per heavy atom. The lowest BCUT2D eigenvalue weighted by atomic mass is 10.1. The van der Waals surface area contributed by atoms with E-state index in [2.05, 4.69) is 32.9 Å². The largest absolute Gasteiger partial charge is 0.354 e. The number of nitrogens with zero attached hydrogens (tertiary/aromatic N) is 3. The van der Waals surface area contributed by atoms with Gasteiger partial charge in [-0.1, -0.05) is 12.6 Å². The summed E-state index contributed by atoms with van der Waals surface area (Å²) >= 11 is 0. The third-order valence-electron chi connectivity index (χ3n) is 5.27. The molecule has 0 saturated carbocycles. The molecule has 1 aliphatic rings. The van der Waals surface area contributed by atoms with Gasteiger partial charge in [-0.05, 0) is 42.7 Å². The number of carbonyl (C=O) groups is 2. The van der Waals surface area contributed by atoms with Gasteiger partial charge in [-0.25, -0.2) is 4.98 Å². The molecular formula is C22H23N5O2. The van der Waals surface area contributed by atoms with Crippen molar-refractivity contribution >= 4 is 22.8 Å². The minimum absolute atomic E-state index is 0.108. The molecule has 0 bridgehead atoms. The van der Waals surface area contributed by atoms with Crippen molar-refractivity contribution in [3.8, 4) is 11.1 Å². The summed E-state index contributed by atoms with van der Waals surface area (Å²) in [5.41, 5.74) is 3.91. The van der Waals surface area contributed by atoms with Gasteiger partial charge in [-0.2, -0.15) is 0 Å². The van der Waals surface area contributed by atoms with Crippen LogP contribution in [-0.4, -0.2) is 50.8 Å². The molecule has 1 saturated heterocycles. The maximum atomic E-state index is 12.5. The van der Waals surface area contributed by atoms with Gasteiger partial charge < -0.3 is 15.2 Å². The Morgan fingerprint density at radius 3 is 3.03 bits per heavy atom. The van der Waals surface area contributed by atoms with Crippen molar-refractivity contribution in [1.29, 1.82) is 0 Å². The van der Waals surface area contributed by atoms with Gasteiger partial charge in [0.25, 0.3) is 0 Å². The molecule has 2 N–H and O–H groups in total. The number of nitrogens with one attached hydrogen (secondary N) is 2. The third-order valence-corrected chi connectivity index (χ3v) is 5.27. The SMILES string of the molecule is C=CC(=O)N1CCC[C@H]1C(=O)NCCc1cc2c(-c3cccnc3)ccnc2[nH]1. The van der Waals surface area contributed by atoms with Gasteiger partial charge in [0, 0.05) is 54.7 Å². The number of aromatic nitrogens is 3. The monoisotopic (exact) mass is 389 g/mol. The van der Waals surface area contributed by atoms with Crippen LogP contribution in [0.1, 0.15) is 18.5 Å². The number of aromatic amines is 1. The quantitative estimate of drug-likeness (QED) is 0.634. The molecule has 1 aliphatic heterocycles. The molecule has 0 aliphatic carbocycles. The van der Waals surface area contributed by atoms with Gasteiger partial charge in [-0.3, -0.25) is 14.6 Å². The number of rotatable bonds is 6. The molecule has 0 unspecified atom stereocenters. The highest BCUT2D eigenvalue weighted by Gasteiger charge is 2.32. The van der Waals surface area contributed by atoms with Crippen LogP contribution in [0.25, 0.3) is 22.2 Å². The molecule has 4 rings (SSSR count). The molecule has 29 heavy (non-hydrogen) atoms. The predicted octanol–water partition coefficient (Wildman–Crippen LogP) is 2.46. The smallest absolute Gasteiger partial charge is 0.246 e. The summed E-state index contributed by atoms with van der Waals surface area (Å²) < 4.78 is 0. The van der Waals surface area contributed by atoms with E-state index in [0.717, 1.165) is 34.3 Å². The van der Waals surface area contributed by atoms with Gasteiger partial charge in [-0.15, -0.1) is 0 Å². The second-order valence-electron chi connectivity index (χ2n) is 7.09. The first-order valence-electron chi connectivity index (χ1n) is 9.75. The number of hydrogen-bond acceptors (Lipinski definition) is 4.